The molecule has 4 aromatic rings. The molecule has 0 radical (unpaired) electrons. The van der Waals surface area contributed by atoms with Crippen LogP contribution in [0.4, 0.5) is 18.9 Å². The summed E-state index contributed by atoms with van der Waals surface area (Å²) in [4.78, 5) is 0. The van der Waals surface area contributed by atoms with Gasteiger partial charge >= 0.3 is 0 Å². The highest BCUT2D eigenvalue weighted by Gasteiger charge is 2.24. The van der Waals surface area contributed by atoms with Crippen molar-refractivity contribution in [2.24, 2.45) is 0 Å². The van der Waals surface area contributed by atoms with E-state index < -0.39 is 23.5 Å². The Morgan fingerprint density at radius 2 is 1.73 bits per heavy atom. The van der Waals surface area contributed by atoms with Gasteiger partial charge in [0.1, 0.15) is 23.5 Å². The van der Waals surface area contributed by atoms with Crippen LogP contribution in [0, 0.1) is 24.4 Å². The minimum atomic E-state index is -0.796. The third-order valence-electron chi connectivity index (χ3n) is 4.52. The van der Waals surface area contributed by atoms with E-state index in [0.717, 1.165) is 6.07 Å². The van der Waals surface area contributed by atoms with Crippen molar-refractivity contribution in [3.8, 4) is 11.5 Å². The van der Waals surface area contributed by atoms with Crippen LogP contribution in [0.1, 0.15) is 23.1 Å². The van der Waals surface area contributed by atoms with Crippen LogP contribution in [-0.4, -0.2) is 10.2 Å². The fraction of sp³-hybridized carbons (Fsp3) is 0.0909. The van der Waals surface area contributed by atoms with Crippen molar-refractivity contribution in [1.82, 2.24) is 10.2 Å². The quantitative estimate of drug-likeness (QED) is 0.403. The molecular weight excluding hydrogens is 415 g/mol. The number of nitrogens with one attached hydrogen (secondary N) is 1. The van der Waals surface area contributed by atoms with Crippen molar-refractivity contribution in [1.29, 1.82) is 0 Å². The maximum atomic E-state index is 14.0. The highest BCUT2D eigenvalue weighted by atomic mass is 35.5. The summed E-state index contributed by atoms with van der Waals surface area (Å²) in [5, 5.41) is 11.3. The van der Waals surface area contributed by atoms with Gasteiger partial charge < -0.3 is 9.73 Å². The molecule has 1 aromatic heterocycles. The fourth-order valence-corrected chi connectivity index (χ4v) is 3.22. The first kappa shape index (κ1) is 20.0. The van der Waals surface area contributed by atoms with E-state index in [1.54, 1.807) is 25.1 Å². The Balaban J connectivity index is 1.76. The number of aryl methyl sites for hydroxylation is 1. The molecule has 1 N–H and O–H groups in total. The maximum absolute atomic E-state index is 14.0. The van der Waals surface area contributed by atoms with Gasteiger partial charge in [-0.25, -0.2) is 13.2 Å². The summed E-state index contributed by atoms with van der Waals surface area (Å²) in [6, 6.07) is 13.4. The van der Waals surface area contributed by atoms with Gasteiger partial charge in [-0.1, -0.05) is 29.8 Å². The molecule has 1 heterocycles. The third kappa shape index (κ3) is 4.16. The van der Waals surface area contributed by atoms with Crippen molar-refractivity contribution in [2.45, 2.75) is 13.0 Å². The molecule has 0 aliphatic carbocycles. The molecule has 0 fully saturated rings. The maximum Gasteiger partial charge on any atom is 0.247 e. The van der Waals surface area contributed by atoms with Crippen LogP contribution in [0.2, 0.25) is 5.02 Å². The van der Waals surface area contributed by atoms with E-state index in [4.69, 9.17) is 16.0 Å². The predicted octanol–water partition coefficient (Wildman–Crippen LogP) is 6.32. The first-order chi connectivity index (χ1) is 14.4. The first-order valence-corrected chi connectivity index (χ1v) is 9.35. The average Bonchev–Trinajstić information content (AvgIpc) is 3.19. The minimum Gasteiger partial charge on any atom is -0.418 e. The molecule has 152 valence electrons. The molecular formula is C22H15ClF3N3O. The summed E-state index contributed by atoms with van der Waals surface area (Å²) < 4.78 is 46.9. The zero-order chi connectivity index (χ0) is 21.3. The highest BCUT2D eigenvalue weighted by molar-refractivity contribution is 6.31. The Morgan fingerprint density at radius 1 is 0.933 bits per heavy atom. The molecule has 0 spiro atoms. The van der Waals surface area contributed by atoms with Gasteiger partial charge in [-0.15, -0.1) is 10.2 Å². The molecule has 0 saturated carbocycles. The summed E-state index contributed by atoms with van der Waals surface area (Å²) in [6.45, 7) is 1.65. The summed E-state index contributed by atoms with van der Waals surface area (Å²) in [6.07, 6.45) is 0. The van der Waals surface area contributed by atoms with Crippen molar-refractivity contribution in [3.63, 3.8) is 0 Å². The number of rotatable bonds is 5. The number of aromatic nitrogens is 2. The van der Waals surface area contributed by atoms with Crippen LogP contribution < -0.4 is 5.32 Å². The monoisotopic (exact) mass is 429 g/mol. The highest BCUT2D eigenvalue weighted by Crippen LogP contribution is 2.33. The van der Waals surface area contributed by atoms with Gasteiger partial charge in [-0.05, 0) is 55.0 Å². The summed E-state index contributed by atoms with van der Waals surface area (Å²) in [7, 11) is 0. The average molecular weight is 430 g/mol. The molecule has 30 heavy (non-hydrogen) atoms. The molecule has 1 atom stereocenters. The van der Waals surface area contributed by atoms with Gasteiger partial charge in [-0.3, -0.25) is 0 Å². The lowest BCUT2D eigenvalue weighted by Crippen LogP contribution is -2.14. The lowest BCUT2D eigenvalue weighted by atomic mass is 10.1. The van der Waals surface area contributed by atoms with Crippen LogP contribution in [0.15, 0.2) is 65.1 Å². The standard InChI is InChI=1S/C22H15ClF3N3O/c1-12-5-7-16(11-19(12)26)27-20(17-8-6-15(25)10-18(17)23)22-29-28-21(30-22)13-3-2-4-14(24)9-13/h2-11,20,27H,1H3. The molecule has 1 unspecified atom stereocenters. The van der Waals surface area contributed by atoms with E-state index >= 15 is 0 Å². The second kappa shape index (κ2) is 8.20. The predicted molar refractivity (Wildman–Crippen MR) is 108 cm³/mol. The molecule has 0 bridgehead atoms. The largest absolute Gasteiger partial charge is 0.418 e. The Labute approximate surface area is 175 Å². The minimum absolute atomic E-state index is 0.101. The second-order valence-electron chi connectivity index (χ2n) is 6.66. The van der Waals surface area contributed by atoms with Crippen molar-refractivity contribution >= 4 is 17.3 Å². The SMILES string of the molecule is Cc1ccc(NC(c2nnc(-c3cccc(F)c3)o2)c2ccc(F)cc2Cl)cc1F. The molecule has 0 amide bonds. The summed E-state index contributed by atoms with van der Waals surface area (Å²) in [5.74, 6) is -1.14. The smallest absolute Gasteiger partial charge is 0.247 e. The van der Waals surface area contributed by atoms with Crippen LogP contribution in [0.25, 0.3) is 11.5 Å². The van der Waals surface area contributed by atoms with E-state index in [1.165, 1.54) is 36.4 Å². The molecule has 0 aliphatic heterocycles. The molecule has 4 rings (SSSR count). The Hall–Kier alpha value is -3.32. The third-order valence-corrected chi connectivity index (χ3v) is 4.84. The molecule has 8 heteroatoms. The number of hydrogen-bond acceptors (Lipinski definition) is 4. The lowest BCUT2D eigenvalue weighted by Gasteiger charge is -2.18. The van der Waals surface area contributed by atoms with Crippen LogP contribution in [0.5, 0.6) is 0 Å². The van der Waals surface area contributed by atoms with Gasteiger partial charge in [0.15, 0.2) is 0 Å². The van der Waals surface area contributed by atoms with Gasteiger partial charge in [0.25, 0.3) is 0 Å². The normalized spacial score (nSPS) is 12.0. The number of anilines is 1. The van der Waals surface area contributed by atoms with Gasteiger partial charge in [-0.2, -0.15) is 0 Å². The molecule has 3 aromatic carbocycles. The van der Waals surface area contributed by atoms with E-state index in [2.05, 4.69) is 15.5 Å². The Kier molecular flexibility index (Phi) is 5.46. The molecule has 4 nitrogen and oxygen atoms in total. The topological polar surface area (TPSA) is 51.0 Å². The van der Waals surface area contributed by atoms with E-state index in [-0.39, 0.29) is 16.8 Å². The molecule has 0 saturated heterocycles. The number of hydrogen-bond donors (Lipinski definition) is 1. The first-order valence-electron chi connectivity index (χ1n) is 8.97. The van der Waals surface area contributed by atoms with Gasteiger partial charge in [0.05, 0.1) is 0 Å². The Morgan fingerprint density at radius 3 is 2.47 bits per heavy atom. The zero-order valence-electron chi connectivity index (χ0n) is 15.7. The number of nitrogens with zero attached hydrogens (tertiary/aromatic N) is 2. The molecule has 0 aliphatic rings. The Bertz CT molecular complexity index is 1210. The van der Waals surface area contributed by atoms with Crippen LogP contribution in [0.3, 0.4) is 0 Å². The second-order valence-corrected chi connectivity index (χ2v) is 7.07. The number of benzene rings is 3. The van der Waals surface area contributed by atoms with Crippen molar-refractivity contribution < 1.29 is 17.6 Å². The van der Waals surface area contributed by atoms with E-state index in [0.29, 0.717) is 22.4 Å². The van der Waals surface area contributed by atoms with Crippen molar-refractivity contribution in [3.05, 3.63) is 100 Å². The van der Waals surface area contributed by atoms with E-state index in [9.17, 15) is 13.2 Å². The van der Waals surface area contributed by atoms with Gasteiger partial charge in [0.2, 0.25) is 11.8 Å². The zero-order valence-corrected chi connectivity index (χ0v) is 16.4. The lowest BCUT2D eigenvalue weighted by molar-refractivity contribution is 0.493. The fourth-order valence-electron chi connectivity index (χ4n) is 2.95. The van der Waals surface area contributed by atoms with Gasteiger partial charge in [0, 0.05) is 21.8 Å². The summed E-state index contributed by atoms with van der Waals surface area (Å²) in [5.41, 5.74) is 1.78. The number of halogens is 4. The van der Waals surface area contributed by atoms with Crippen molar-refractivity contribution in [2.75, 3.05) is 5.32 Å². The van der Waals surface area contributed by atoms with Crippen LogP contribution >= 0.6 is 11.6 Å². The summed E-state index contributed by atoms with van der Waals surface area (Å²) >= 11 is 6.25. The van der Waals surface area contributed by atoms with Crippen LogP contribution in [-0.2, 0) is 0 Å². The van der Waals surface area contributed by atoms with E-state index in [1.807, 2.05) is 0 Å².